The summed E-state index contributed by atoms with van der Waals surface area (Å²) in [5.41, 5.74) is 2.43. The molecule has 2 aliphatic heterocycles. The van der Waals surface area contributed by atoms with Crippen LogP contribution >= 0.6 is 11.6 Å². The topological polar surface area (TPSA) is 88.7 Å². The van der Waals surface area contributed by atoms with Crippen molar-refractivity contribution in [2.45, 2.75) is 44.8 Å². The van der Waals surface area contributed by atoms with E-state index in [9.17, 15) is 14.7 Å². The Morgan fingerprint density at radius 3 is 2.76 bits per heavy atom. The number of carbonyl (C=O) groups excluding carboxylic acids is 2. The minimum atomic E-state index is -1.06. The van der Waals surface area contributed by atoms with E-state index in [1.807, 2.05) is 31.2 Å². The molecule has 0 aliphatic carbocycles. The van der Waals surface area contributed by atoms with Crippen LogP contribution in [0.3, 0.4) is 0 Å². The highest BCUT2D eigenvalue weighted by Gasteiger charge is 2.55. The van der Waals surface area contributed by atoms with Crippen LogP contribution in [-0.2, 0) is 16.0 Å². The summed E-state index contributed by atoms with van der Waals surface area (Å²) in [6, 6.07) is 12.3. The van der Waals surface area contributed by atoms with E-state index in [0.29, 0.717) is 30.6 Å². The van der Waals surface area contributed by atoms with E-state index >= 15 is 0 Å². The number of phenols is 1. The van der Waals surface area contributed by atoms with Gasteiger partial charge in [0.15, 0.2) is 0 Å². The number of benzene rings is 2. The maximum absolute atomic E-state index is 13.9. The van der Waals surface area contributed by atoms with E-state index in [4.69, 9.17) is 11.6 Å². The Balaban J connectivity index is 1.65. The summed E-state index contributed by atoms with van der Waals surface area (Å²) >= 11 is 6.33. The van der Waals surface area contributed by atoms with Crippen LogP contribution in [0.2, 0.25) is 5.02 Å². The number of hydrogen-bond acceptors (Lipinski definition) is 4. The first-order chi connectivity index (χ1) is 16.2. The highest BCUT2D eigenvalue weighted by Crippen LogP contribution is 2.47. The Labute approximate surface area is 203 Å². The van der Waals surface area contributed by atoms with Gasteiger partial charge >= 0.3 is 0 Å². The number of aromatic nitrogens is 1. The van der Waals surface area contributed by atoms with Gasteiger partial charge in [0.1, 0.15) is 11.3 Å². The molecule has 1 fully saturated rings. The van der Waals surface area contributed by atoms with Crippen molar-refractivity contribution in [2.75, 3.05) is 19.6 Å². The van der Waals surface area contributed by atoms with Crippen LogP contribution in [0.25, 0.3) is 10.9 Å². The zero-order valence-corrected chi connectivity index (χ0v) is 20.3. The van der Waals surface area contributed by atoms with E-state index < -0.39 is 11.6 Å². The van der Waals surface area contributed by atoms with Crippen molar-refractivity contribution < 1.29 is 14.7 Å². The van der Waals surface area contributed by atoms with Gasteiger partial charge in [0, 0.05) is 47.2 Å². The maximum atomic E-state index is 13.9. The number of fused-ring (bicyclic) bond motifs is 4. The molecule has 2 atom stereocenters. The van der Waals surface area contributed by atoms with Crippen molar-refractivity contribution in [3.05, 3.63) is 64.3 Å². The largest absolute Gasteiger partial charge is 0.508 e. The normalized spacial score (nSPS) is 22.4. The zero-order valence-electron chi connectivity index (χ0n) is 19.6. The van der Waals surface area contributed by atoms with E-state index in [0.717, 1.165) is 27.7 Å². The highest BCUT2D eigenvalue weighted by molar-refractivity contribution is 6.31. The van der Waals surface area contributed by atoms with Crippen molar-refractivity contribution in [1.29, 1.82) is 0 Å². The standard InChI is InChI=1S/C26H29ClN4O3/c1-15(2)28-9-10-30-14-22(33)31-24(16-5-4-6-18(32)11-16)23-20(13-26(31,3)25(30)34)19-12-17(27)7-8-21(19)29-23/h4-8,11-12,15,24,28-29,32H,9-10,13-14H2,1-3H3/t24-,26+/m1/s1. The Morgan fingerprint density at radius 2 is 2.03 bits per heavy atom. The molecule has 2 aliphatic rings. The Hall–Kier alpha value is -3.03. The van der Waals surface area contributed by atoms with Gasteiger partial charge in [-0.1, -0.05) is 37.6 Å². The van der Waals surface area contributed by atoms with Crippen molar-refractivity contribution in [1.82, 2.24) is 20.1 Å². The number of halogens is 1. The second kappa shape index (κ2) is 8.32. The van der Waals surface area contributed by atoms with Crippen LogP contribution in [0, 0.1) is 0 Å². The summed E-state index contributed by atoms with van der Waals surface area (Å²) in [5.74, 6) is -0.0604. The van der Waals surface area contributed by atoms with Gasteiger partial charge in [0.2, 0.25) is 11.8 Å². The molecule has 34 heavy (non-hydrogen) atoms. The molecule has 178 valence electrons. The van der Waals surface area contributed by atoms with Crippen LogP contribution in [0.4, 0.5) is 0 Å². The average molecular weight is 481 g/mol. The Kier molecular flexibility index (Phi) is 5.57. The van der Waals surface area contributed by atoms with Crippen molar-refractivity contribution >= 4 is 34.3 Å². The lowest BCUT2D eigenvalue weighted by Crippen LogP contribution is -2.70. The van der Waals surface area contributed by atoms with Gasteiger partial charge in [-0.3, -0.25) is 9.59 Å². The molecule has 1 aromatic heterocycles. The predicted molar refractivity (Wildman–Crippen MR) is 132 cm³/mol. The van der Waals surface area contributed by atoms with Gasteiger partial charge < -0.3 is 25.2 Å². The van der Waals surface area contributed by atoms with E-state index in [2.05, 4.69) is 24.1 Å². The van der Waals surface area contributed by atoms with Crippen molar-refractivity contribution in [2.24, 2.45) is 0 Å². The maximum Gasteiger partial charge on any atom is 0.249 e. The first kappa shape index (κ1) is 22.7. The number of aromatic amines is 1. The minimum absolute atomic E-state index is 0.0326. The lowest BCUT2D eigenvalue weighted by molar-refractivity contribution is -0.167. The molecule has 0 unspecified atom stereocenters. The molecule has 0 bridgehead atoms. The van der Waals surface area contributed by atoms with Crippen LogP contribution in [0.5, 0.6) is 5.75 Å². The summed E-state index contributed by atoms with van der Waals surface area (Å²) in [7, 11) is 0. The fourth-order valence-corrected chi connectivity index (χ4v) is 5.61. The highest BCUT2D eigenvalue weighted by atomic mass is 35.5. The number of carbonyl (C=O) groups is 2. The average Bonchev–Trinajstić information content (AvgIpc) is 3.12. The number of hydrogen-bond donors (Lipinski definition) is 3. The molecule has 5 rings (SSSR count). The Morgan fingerprint density at radius 1 is 1.24 bits per heavy atom. The molecule has 3 heterocycles. The Bertz CT molecular complexity index is 1290. The van der Waals surface area contributed by atoms with Crippen LogP contribution in [0.15, 0.2) is 42.5 Å². The summed E-state index contributed by atoms with van der Waals surface area (Å²) in [5, 5.41) is 15.1. The van der Waals surface area contributed by atoms with E-state index in [1.165, 1.54) is 0 Å². The molecule has 0 radical (unpaired) electrons. The number of rotatable bonds is 5. The van der Waals surface area contributed by atoms with Crippen molar-refractivity contribution in [3.63, 3.8) is 0 Å². The number of amides is 2. The molecular formula is C26H29ClN4O3. The van der Waals surface area contributed by atoms with Gasteiger partial charge in [0.05, 0.1) is 12.6 Å². The van der Waals surface area contributed by atoms with Gasteiger partial charge in [-0.05, 0) is 48.4 Å². The van der Waals surface area contributed by atoms with E-state index in [1.54, 1.807) is 28.0 Å². The number of piperazine rings is 1. The van der Waals surface area contributed by atoms with Crippen LogP contribution < -0.4 is 5.32 Å². The smallest absolute Gasteiger partial charge is 0.249 e. The molecular weight excluding hydrogens is 452 g/mol. The number of aromatic hydroxyl groups is 1. The van der Waals surface area contributed by atoms with Crippen molar-refractivity contribution in [3.8, 4) is 5.75 Å². The van der Waals surface area contributed by atoms with Gasteiger partial charge in [-0.2, -0.15) is 0 Å². The molecule has 0 spiro atoms. The first-order valence-electron chi connectivity index (χ1n) is 11.6. The molecule has 3 aromatic rings. The monoisotopic (exact) mass is 480 g/mol. The van der Waals surface area contributed by atoms with Gasteiger partial charge in [-0.15, -0.1) is 0 Å². The predicted octanol–water partition coefficient (Wildman–Crippen LogP) is 3.60. The summed E-state index contributed by atoms with van der Waals surface area (Å²) in [6.07, 6.45) is 0.386. The van der Waals surface area contributed by atoms with Crippen LogP contribution in [0.1, 0.15) is 43.6 Å². The SMILES string of the molecule is CC(C)NCCN1CC(=O)N2[C@H](c3cccc(O)c3)c3[nH]c4ccc(Cl)cc4c3C[C@@]2(C)C1=O. The number of H-pyrrole nitrogens is 1. The fraction of sp³-hybridized carbons (Fsp3) is 0.385. The molecule has 8 heteroatoms. The lowest BCUT2D eigenvalue weighted by atomic mass is 9.78. The third-order valence-corrected chi connectivity index (χ3v) is 7.18. The third-order valence-electron chi connectivity index (χ3n) is 6.95. The summed E-state index contributed by atoms with van der Waals surface area (Å²) < 4.78 is 0. The second-order valence-electron chi connectivity index (χ2n) is 9.75. The number of phenolic OH excluding ortho intramolecular Hbond substituents is 1. The molecule has 1 saturated heterocycles. The summed E-state index contributed by atoms with van der Waals surface area (Å²) in [6.45, 7) is 7.09. The number of nitrogens with one attached hydrogen (secondary N) is 2. The molecule has 7 nitrogen and oxygen atoms in total. The first-order valence-corrected chi connectivity index (χ1v) is 12.0. The second-order valence-corrected chi connectivity index (χ2v) is 10.2. The summed E-state index contributed by atoms with van der Waals surface area (Å²) in [4.78, 5) is 34.4. The lowest BCUT2D eigenvalue weighted by Gasteiger charge is -2.53. The van der Waals surface area contributed by atoms with Crippen LogP contribution in [-0.4, -0.2) is 62.9 Å². The molecule has 3 N–H and O–H groups in total. The van der Waals surface area contributed by atoms with E-state index in [-0.39, 0.29) is 24.1 Å². The molecule has 0 saturated carbocycles. The van der Waals surface area contributed by atoms with Gasteiger partial charge in [0.25, 0.3) is 0 Å². The minimum Gasteiger partial charge on any atom is -0.508 e. The van der Waals surface area contributed by atoms with Gasteiger partial charge in [-0.25, -0.2) is 0 Å². The third kappa shape index (κ3) is 3.63. The molecule has 2 aromatic carbocycles. The number of nitrogens with zero attached hydrogens (tertiary/aromatic N) is 2. The fourth-order valence-electron chi connectivity index (χ4n) is 5.44. The molecule has 2 amide bonds. The quantitative estimate of drug-likeness (QED) is 0.520. The zero-order chi connectivity index (χ0) is 24.2.